The number of hydrogen-bond acceptors (Lipinski definition) is 34. The summed E-state index contributed by atoms with van der Waals surface area (Å²) >= 11 is 3.54. The van der Waals surface area contributed by atoms with Crippen LogP contribution in [0.15, 0.2) is 32.0 Å². The molecule has 8 aliphatic rings. The number of fused-ring (bicyclic) bond motifs is 4. The van der Waals surface area contributed by atoms with Gasteiger partial charge in [0, 0.05) is 39.5 Å². The number of thiazole rings is 2. The van der Waals surface area contributed by atoms with Crippen molar-refractivity contribution in [2.24, 2.45) is 21.5 Å². The summed E-state index contributed by atoms with van der Waals surface area (Å²) < 4.78 is 36.3. The molecule has 6 fully saturated rings. The number of aliphatic hydroxyl groups excluding tert-OH is 6. The summed E-state index contributed by atoms with van der Waals surface area (Å²) in [7, 11) is 0. The predicted molar refractivity (Wildman–Crippen MR) is 292 cm³/mol. The van der Waals surface area contributed by atoms with Crippen LogP contribution in [0.4, 0.5) is 21.5 Å². The third kappa shape index (κ3) is 12.9. The number of guanidine groups is 2. The Morgan fingerprint density at radius 2 is 0.952 bits per heavy atom. The van der Waals surface area contributed by atoms with Gasteiger partial charge in [0.05, 0.1) is 72.6 Å². The van der Waals surface area contributed by atoms with Crippen LogP contribution in [0.5, 0.6) is 0 Å². The number of aliphatic imine (C=N–C) groups is 2. The maximum absolute atomic E-state index is 12.3. The van der Waals surface area contributed by atoms with Gasteiger partial charge in [-0.3, -0.25) is 67.9 Å². The number of anilines is 2. The molecule has 0 spiro atoms. The van der Waals surface area contributed by atoms with Gasteiger partial charge in [0.15, 0.2) is 60.5 Å². The number of amides is 4. The Kier molecular flexibility index (Phi) is 19.0. The van der Waals surface area contributed by atoms with Gasteiger partial charge in [-0.1, -0.05) is 22.7 Å². The zero-order valence-electron chi connectivity index (χ0n) is 43.9. The van der Waals surface area contributed by atoms with Gasteiger partial charge < -0.3 is 82.0 Å². The molecule has 12 rings (SSSR count). The van der Waals surface area contributed by atoms with Crippen molar-refractivity contribution in [3.8, 4) is 0 Å². The van der Waals surface area contributed by atoms with Gasteiger partial charge >= 0.3 is 21.7 Å². The van der Waals surface area contributed by atoms with Crippen molar-refractivity contribution in [3.63, 3.8) is 0 Å². The van der Waals surface area contributed by atoms with E-state index in [2.05, 4.69) is 40.6 Å². The topological polar surface area (TPSA) is 534 Å². The summed E-state index contributed by atoms with van der Waals surface area (Å²) in [6, 6.07) is 0. The third-order valence-electron chi connectivity index (χ3n) is 13.4. The summed E-state index contributed by atoms with van der Waals surface area (Å²) in [6.45, 7) is 1.56. The normalized spacial score (nSPS) is 32.3. The predicted octanol–water partition coefficient (Wildman–Crippen LogP) is -5.18. The molecule has 4 unspecified atom stereocenters. The molecule has 0 aromatic carbocycles. The lowest BCUT2D eigenvalue weighted by atomic mass is 10.1. The largest absolute Gasteiger partial charge is 0.458 e. The van der Waals surface area contributed by atoms with Crippen molar-refractivity contribution in [1.82, 2.24) is 49.5 Å². The number of esters is 2. The zero-order valence-corrected chi connectivity index (χ0v) is 47.1. The van der Waals surface area contributed by atoms with Gasteiger partial charge in [-0.05, 0) is 23.5 Å². The Morgan fingerprint density at radius 3 is 1.38 bits per heavy atom. The molecule has 16 N–H and O–H groups in total. The van der Waals surface area contributed by atoms with E-state index >= 15 is 0 Å². The Balaban J connectivity index is 0.000000135. The van der Waals surface area contributed by atoms with E-state index in [1.54, 1.807) is 0 Å². The van der Waals surface area contributed by atoms with Gasteiger partial charge in [-0.25, -0.2) is 20.0 Å². The fourth-order valence-electron chi connectivity index (χ4n) is 9.96. The molecule has 36 nitrogen and oxygen atoms in total. The lowest BCUT2D eigenvalue weighted by molar-refractivity contribution is -0.156. The Hall–Kier alpha value is -6.80. The van der Waals surface area contributed by atoms with Gasteiger partial charge in [-0.15, -0.1) is 0 Å². The quantitative estimate of drug-likeness (QED) is 0.0661. The average Bonchev–Trinajstić information content (AvgIpc) is 2.27. The molecular weight excluding hydrogens is 1200 g/mol. The first-order valence-corrected chi connectivity index (χ1v) is 28.7. The number of carbonyl (C=O) groups is 6. The second kappa shape index (κ2) is 25.8. The van der Waals surface area contributed by atoms with Crippen molar-refractivity contribution < 1.29 is 87.8 Å². The minimum atomic E-state index is -0.933. The molecule has 16 atom stereocenters. The molecule has 40 heteroatoms. The van der Waals surface area contributed by atoms with Crippen molar-refractivity contribution in [2.45, 2.75) is 136 Å². The molecule has 0 bridgehead atoms. The molecule has 6 saturated heterocycles. The van der Waals surface area contributed by atoms with Crippen LogP contribution < -0.4 is 43.3 Å². The number of carbonyl (C=O) groups excluding carboxylic acids is 6. The number of nitrogens with one attached hydrogen (secondary N) is 2. The summed E-state index contributed by atoms with van der Waals surface area (Å²) in [5.74, 6) is -1.90. The minimum absolute atomic E-state index is 0.0276. The molecule has 0 radical (unpaired) electrons. The highest BCUT2D eigenvalue weighted by molar-refractivity contribution is 8.15. The first-order chi connectivity index (χ1) is 40.0. The van der Waals surface area contributed by atoms with E-state index in [-0.39, 0.29) is 79.3 Å². The number of thioether (sulfide) groups is 2. The molecule has 4 aromatic heterocycles. The highest BCUT2D eigenvalue weighted by atomic mass is 32.2. The van der Waals surface area contributed by atoms with Crippen molar-refractivity contribution in [1.29, 1.82) is 0 Å². The van der Waals surface area contributed by atoms with Gasteiger partial charge in [0.1, 0.15) is 34.9 Å². The average molecular weight is 1260 g/mol. The van der Waals surface area contributed by atoms with E-state index in [4.69, 9.17) is 61.6 Å². The number of rotatable bonds is 10. The van der Waals surface area contributed by atoms with Crippen LogP contribution in [0, 0.1) is 0 Å². The fraction of sp³-hybridized carbons (Fsp3) is 0.591. The van der Waals surface area contributed by atoms with Crippen LogP contribution in [-0.2, 0) is 47.6 Å². The SMILES string of the molecule is CC(=O)O[C@@H]1C[C@@H](CO)O[C@H]1N1C(=O)SC2C(=O)NC(N)=NC21.CC(=O)O[C@@H]1C[C@@H](CO)O[C@H]1n1c(=O)sc2cnc(N)nc21.NC1=NC2C(SC(=O)N2[C@@H]2O[C@H](CO)C[C@H]2O)C(=O)N1.Nc1ncc2sc(=O)n([C@@H]3O[C@H](CO)C[C@H]3O)c2n1. The highest BCUT2D eigenvalue weighted by Crippen LogP contribution is 2.41. The smallest absolute Gasteiger partial charge is 0.311 e. The van der Waals surface area contributed by atoms with E-state index in [9.17, 15) is 58.8 Å². The maximum atomic E-state index is 12.3. The molecule has 4 amide bonds. The first-order valence-electron chi connectivity index (χ1n) is 25.3. The van der Waals surface area contributed by atoms with Crippen molar-refractivity contribution >= 4 is 125 Å². The fourth-order valence-corrected chi connectivity index (χ4v) is 13.7. The number of hydrogen-bond donors (Lipinski definition) is 12. The Labute approximate surface area is 487 Å². The molecule has 456 valence electrons. The molecule has 4 aromatic rings. The summed E-state index contributed by atoms with van der Waals surface area (Å²) in [4.78, 5) is 121. The maximum Gasteiger partial charge on any atom is 0.311 e. The van der Waals surface area contributed by atoms with Crippen LogP contribution in [0.2, 0.25) is 0 Å². The standard InChI is InChI=1S/C12H16N4O6S.C12H14N4O5S.C10H14N4O5S.C10H12N4O4S/c1-4(18)21-6-2-5(3-17)22-10(6)16-8-7(23-12(16)20)9(19)15-11(13)14-8;1-5(18)20-7-2-6(4-17)21-10(7)16-9-8(22-12(16)19)3-14-11(13)15-9;11-9-12-6-5(7(17)13-9)20-10(18)14(6)8-4(16)1-3(2-15)19-8;11-9-12-2-6-7(13-9)14(10(17)19-6)8-5(16)1-4(3-15)18-8/h5-8,10,17H,2-3H2,1H3,(H3,13,14,15,19);3,6-7,10,17H,2,4H2,1H3,(H2,13,14,15);3-6,8,15-16H,1-2H2,(H3,11,12,13,17);2,4-5,8,15-16H,1,3H2,(H2,11,12,13)/t5-,6+,7?,8?,10+;6-,7+,10+;3-,4+,5?,6?,8+;4-,5+,8+/m0000/s1. The molecule has 0 aliphatic carbocycles. The van der Waals surface area contributed by atoms with Gasteiger partial charge in [0.25, 0.3) is 10.5 Å². The van der Waals surface area contributed by atoms with Gasteiger partial charge in [-0.2, -0.15) is 9.97 Å². The number of nitrogen functional groups attached to an aromatic ring is 2. The number of aromatic nitrogens is 6. The first kappa shape index (κ1) is 61.8. The third-order valence-corrected chi connectivity index (χ3v) is 17.4. The zero-order chi connectivity index (χ0) is 60.6. The number of nitrogens with zero attached hydrogens (tertiary/aromatic N) is 10. The highest BCUT2D eigenvalue weighted by Gasteiger charge is 2.56. The van der Waals surface area contributed by atoms with E-state index in [1.807, 2.05) is 0 Å². The number of nitrogens with two attached hydrogens (primary N) is 4. The van der Waals surface area contributed by atoms with Crippen LogP contribution in [0.3, 0.4) is 0 Å². The van der Waals surface area contributed by atoms with E-state index < -0.39 is 131 Å². The summed E-state index contributed by atoms with van der Waals surface area (Å²) in [6.07, 6.45) is -6.56. The van der Waals surface area contributed by atoms with Crippen LogP contribution in [-0.4, -0.2) is 226 Å². The number of aliphatic hydroxyl groups is 6. The van der Waals surface area contributed by atoms with E-state index in [0.717, 1.165) is 46.2 Å². The Morgan fingerprint density at radius 1 is 0.583 bits per heavy atom. The summed E-state index contributed by atoms with van der Waals surface area (Å²) in [5.41, 5.74) is 22.8. The molecule has 84 heavy (non-hydrogen) atoms. The number of ether oxygens (including phenoxy) is 6. The second-order valence-corrected chi connectivity index (χ2v) is 23.4. The molecule has 12 heterocycles. The second-order valence-electron chi connectivity index (χ2n) is 19.3. The van der Waals surface area contributed by atoms with Crippen LogP contribution in [0.1, 0.15) is 52.0 Å². The van der Waals surface area contributed by atoms with E-state index in [0.29, 0.717) is 27.1 Å². The Bertz CT molecular complexity index is 3370. The van der Waals surface area contributed by atoms with E-state index in [1.165, 1.54) is 45.2 Å². The lowest BCUT2D eigenvalue weighted by Gasteiger charge is -2.33. The molecule has 0 saturated carbocycles. The lowest BCUT2D eigenvalue weighted by Crippen LogP contribution is -2.56. The van der Waals surface area contributed by atoms with Crippen LogP contribution >= 0.6 is 46.2 Å². The summed E-state index contributed by atoms with van der Waals surface area (Å²) in [5, 5.41) is 59.0. The molecule has 8 aliphatic heterocycles. The monoisotopic (exact) mass is 1260 g/mol. The van der Waals surface area contributed by atoms with Crippen LogP contribution in [0.25, 0.3) is 20.7 Å². The minimum Gasteiger partial charge on any atom is -0.458 e. The van der Waals surface area contributed by atoms with Gasteiger partial charge in [0.2, 0.25) is 23.7 Å². The van der Waals surface area contributed by atoms with Crippen molar-refractivity contribution in [2.75, 3.05) is 37.9 Å². The van der Waals surface area contributed by atoms with Crippen molar-refractivity contribution in [3.05, 3.63) is 31.7 Å². The molecular formula is C44H56N16O20S4.